The summed E-state index contributed by atoms with van der Waals surface area (Å²) in [7, 11) is 0. The van der Waals surface area contributed by atoms with Gasteiger partial charge in [0.25, 0.3) is 0 Å². The van der Waals surface area contributed by atoms with E-state index in [1.165, 1.54) is 0 Å². The Labute approximate surface area is 90.6 Å². The van der Waals surface area contributed by atoms with Crippen LogP contribution in [-0.2, 0) is 65.4 Å². The van der Waals surface area contributed by atoms with Crippen LogP contribution in [0.5, 0.6) is 0 Å². The molecule has 0 unspecified atom stereocenters. The first kappa shape index (κ1) is 25.1. The van der Waals surface area contributed by atoms with E-state index in [0.717, 1.165) is 0 Å². The zero-order chi connectivity index (χ0) is 2.71. The van der Waals surface area contributed by atoms with Gasteiger partial charge in [-0.2, -0.15) is 0 Å². The smallest absolute Gasteiger partial charge is 0 e. The van der Waals surface area contributed by atoms with Gasteiger partial charge in [-0.3, -0.25) is 0 Å². The van der Waals surface area contributed by atoms with Gasteiger partial charge < -0.3 is 19.8 Å². The summed E-state index contributed by atoms with van der Waals surface area (Å²) < 4.78 is 0. The van der Waals surface area contributed by atoms with E-state index in [9.17, 15) is 0 Å². The fraction of sp³-hybridized carbons (Fsp3) is 0.250. The predicted molar refractivity (Wildman–Crippen MR) is 19.2 cm³/mol. The van der Waals surface area contributed by atoms with Crippen molar-refractivity contribution in [3.63, 3.8) is 0 Å². The van der Waals surface area contributed by atoms with Gasteiger partial charge in [0.15, 0.2) is 0 Å². The third-order valence-corrected chi connectivity index (χ3v) is 0. The van der Waals surface area contributed by atoms with Crippen LogP contribution in [0.15, 0.2) is 0 Å². The van der Waals surface area contributed by atoms with Crippen LogP contribution in [0.25, 0.3) is 0 Å². The summed E-state index contributed by atoms with van der Waals surface area (Å²) in [6.45, 7) is 1.54. The van der Waals surface area contributed by atoms with Crippen molar-refractivity contribution >= 4 is 0 Å². The Bertz CT molecular complexity index is 27.0. The molecule has 0 spiro atoms. The maximum Gasteiger partial charge on any atom is 0 e. The minimum atomic E-state index is 0. The topological polar surface area (TPSA) is 0 Å². The van der Waals surface area contributed by atoms with Crippen molar-refractivity contribution < 1.29 is 65.4 Å². The van der Waals surface area contributed by atoms with Crippen molar-refractivity contribution in [2.45, 2.75) is 6.92 Å². The van der Waals surface area contributed by atoms with Crippen molar-refractivity contribution in [2.24, 2.45) is 0 Å². The van der Waals surface area contributed by atoms with E-state index in [1.807, 2.05) is 5.92 Å². The third kappa shape index (κ3) is 42.0. The Hall–Kier alpha value is 1.77. The summed E-state index contributed by atoms with van der Waals surface area (Å²) in [5.41, 5.74) is 0. The zero-order valence-electron chi connectivity index (χ0n) is 4.15. The molecule has 0 rings (SSSR count). The molecular weight excluding hydrogens is 226 g/mol. The number of hydrogen-bond donors (Lipinski definition) is 0. The maximum atomic E-state index is 5.96. The quantitative estimate of drug-likeness (QED) is 0.432. The van der Waals surface area contributed by atoms with E-state index in [0.29, 0.717) is 0 Å². The first-order chi connectivity index (χ1) is 1.41. The van der Waals surface area contributed by atoms with Crippen LogP contribution in [0, 0.1) is 19.8 Å². The monoisotopic (exact) mass is 232 g/mol. The Morgan fingerprint density at radius 2 is 1.33 bits per heavy atom. The summed E-state index contributed by atoms with van der Waals surface area (Å²) in [5.74, 6) is 2.00. The Kier molecular flexibility index (Phi) is 123. The van der Waals surface area contributed by atoms with Crippen LogP contribution in [0.2, 0.25) is 0 Å². The molecule has 0 nitrogen and oxygen atoms in total. The maximum absolute atomic E-state index is 5.96. The molecule has 0 heterocycles. The first-order valence-electron chi connectivity index (χ1n) is 0.750. The van der Waals surface area contributed by atoms with E-state index in [-0.39, 0.29) is 72.8 Å². The molecule has 0 saturated carbocycles. The molecule has 0 fully saturated rings. The van der Waals surface area contributed by atoms with Crippen molar-refractivity contribution in [1.29, 1.82) is 0 Å². The standard InChI is InChI=1S/C3H3.CH3.2Y/c1-3-2;;;/h1H3;1H3;;/q2*-1;;. The van der Waals surface area contributed by atoms with Gasteiger partial charge in [0.05, 0.1) is 0 Å². The van der Waals surface area contributed by atoms with E-state index in [4.69, 9.17) is 6.42 Å². The van der Waals surface area contributed by atoms with E-state index >= 15 is 0 Å². The molecule has 0 atom stereocenters. The van der Waals surface area contributed by atoms with E-state index in [2.05, 4.69) is 0 Å². The molecule has 0 aromatic heterocycles. The molecular formula is C4H6Y2-2. The Morgan fingerprint density at radius 1 is 1.33 bits per heavy atom. The van der Waals surface area contributed by atoms with Gasteiger partial charge >= 0.3 is 0 Å². The molecule has 0 aromatic rings. The van der Waals surface area contributed by atoms with Crippen LogP contribution in [0.3, 0.4) is 0 Å². The summed E-state index contributed by atoms with van der Waals surface area (Å²) >= 11 is 0. The largest absolute Gasteiger partial charge is 0.694 e. The van der Waals surface area contributed by atoms with Crippen molar-refractivity contribution in [2.75, 3.05) is 0 Å². The van der Waals surface area contributed by atoms with E-state index < -0.39 is 0 Å². The van der Waals surface area contributed by atoms with Crippen molar-refractivity contribution in [1.82, 2.24) is 0 Å². The minimum absolute atomic E-state index is 0. The second kappa shape index (κ2) is 29.4. The molecule has 6 heavy (non-hydrogen) atoms. The fourth-order valence-electron chi connectivity index (χ4n) is 0. The Morgan fingerprint density at radius 3 is 1.33 bits per heavy atom. The zero-order valence-corrected chi connectivity index (χ0v) is 9.83. The van der Waals surface area contributed by atoms with Gasteiger partial charge in [-0.15, -0.1) is 0 Å². The van der Waals surface area contributed by atoms with Crippen LogP contribution in [-0.4, -0.2) is 0 Å². The molecule has 0 aliphatic carbocycles. The normalized spacial score (nSPS) is 1.33. The molecule has 0 N–H and O–H groups in total. The minimum Gasteiger partial charge on any atom is -0.694 e. The first-order valence-corrected chi connectivity index (χ1v) is 0.750. The molecule has 2 heteroatoms. The van der Waals surface area contributed by atoms with Gasteiger partial charge in [-0.25, -0.2) is 0 Å². The van der Waals surface area contributed by atoms with Crippen molar-refractivity contribution in [3.8, 4) is 5.92 Å². The SMILES string of the molecule is [C-]#CC.[CH3-].[Y].[Y]. The molecule has 0 amide bonds. The summed E-state index contributed by atoms with van der Waals surface area (Å²) in [6.07, 6.45) is 5.96. The molecule has 0 aliphatic rings. The summed E-state index contributed by atoms with van der Waals surface area (Å²) in [5, 5.41) is 0. The van der Waals surface area contributed by atoms with Gasteiger partial charge in [0, 0.05) is 65.4 Å². The van der Waals surface area contributed by atoms with Gasteiger partial charge in [0.2, 0.25) is 0 Å². The molecule has 30 valence electrons. The summed E-state index contributed by atoms with van der Waals surface area (Å²) in [4.78, 5) is 0. The average molecular weight is 232 g/mol. The summed E-state index contributed by atoms with van der Waals surface area (Å²) in [6, 6.07) is 0. The fourth-order valence-corrected chi connectivity index (χ4v) is 0. The van der Waals surface area contributed by atoms with Crippen LogP contribution < -0.4 is 0 Å². The third-order valence-electron chi connectivity index (χ3n) is 0. The molecule has 0 bridgehead atoms. The van der Waals surface area contributed by atoms with Crippen LogP contribution >= 0.6 is 0 Å². The van der Waals surface area contributed by atoms with Gasteiger partial charge in [0.1, 0.15) is 0 Å². The second-order valence-corrected chi connectivity index (χ2v) is 0.250. The van der Waals surface area contributed by atoms with Gasteiger partial charge in [-0.05, 0) is 6.92 Å². The molecule has 2 radical (unpaired) electrons. The second-order valence-electron chi connectivity index (χ2n) is 0.250. The number of rotatable bonds is 0. The van der Waals surface area contributed by atoms with Crippen molar-refractivity contribution in [3.05, 3.63) is 13.9 Å². The van der Waals surface area contributed by atoms with Gasteiger partial charge in [-0.1, -0.05) is 0 Å². The molecule has 0 saturated heterocycles. The molecule has 0 aromatic carbocycles. The average Bonchev–Trinajstić information content (AvgIpc) is 0.918. The molecule has 0 aliphatic heterocycles. The van der Waals surface area contributed by atoms with Crippen LogP contribution in [0.4, 0.5) is 0 Å². The number of hydrogen-bond acceptors (Lipinski definition) is 0. The predicted octanol–water partition coefficient (Wildman–Crippen LogP) is 1.04. The van der Waals surface area contributed by atoms with Crippen LogP contribution in [0.1, 0.15) is 6.92 Å². The Balaban J connectivity index is -0.00000000667. The van der Waals surface area contributed by atoms with E-state index in [1.54, 1.807) is 6.92 Å².